The molecule has 142 valence electrons. The normalized spacial score (nSPS) is 10.9. The molecule has 3 aromatic heterocycles. The minimum atomic E-state index is -0.957. The van der Waals surface area contributed by atoms with Crippen LogP contribution in [-0.2, 0) is 4.79 Å². The number of hydrogen-bond acceptors (Lipinski definition) is 8. The van der Waals surface area contributed by atoms with Crippen molar-refractivity contribution in [2.75, 3.05) is 11.1 Å². The van der Waals surface area contributed by atoms with E-state index in [-0.39, 0.29) is 22.8 Å². The van der Waals surface area contributed by atoms with Crippen molar-refractivity contribution in [1.29, 1.82) is 0 Å². The van der Waals surface area contributed by atoms with Gasteiger partial charge in [0.2, 0.25) is 5.91 Å². The van der Waals surface area contributed by atoms with E-state index in [1.54, 1.807) is 17.5 Å². The van der Waals surface area contributed by atoms with E-state index in [4.69, 9.17) is 8.83 Å². The highest BCUT2D eigenvalue weighted by atomic mass is 32.2. The standard InChI is InChI=1S/C17H10F2N4O3S2/c18-10-4-3-9(6-11(10)19)12-7-27-16(20-12)21-14(24)8-28-17-23-22-15(26-17)13-2-1-5-25-13/h1-7H,8H2,(H,20,21,24). The molecule has 0 saturated heterocycles. The number of carbonyl (C=O) groups excluding carboxylic acids is 1. The highest BCUT2D eigenvalue weighted by Crippen LogP contribution is 2.27. The molecule has 0 bridgehead atoms. The van der Waals surface area contributed by atoms with E-state index < -0.39 is 11.6 Å². The number of carbonyl (C=O) groups is 1. The van der Waals surface area contributed by atoms with Gasteiger partial charge in [-0.1, -0.05) is 11.8 Å². The van der Waals surface area contributed by atoms with Gasteiger partial charge in [-0.15, -0.1) is 21.5 Å². The summed E-state index contributed by atoms with van der Waals surface area (Å²) in [4.78, 5) is 16.3. The van der Waals surface area contributed by atoms with Gasteiger partial charge >= 0.3 is 0 Å². The summed E-state index contributed by atoms with van der Waals surface area (Å²) >= 11 is 2.24. The molecule has 0 fully saturated rings. The second-order valence-electron chi connectivity index (χ2n) is 5.35. The number of furan rings is 1. The lowest BCUT2D eigenvalue weighted by atomic mass is 10.2. The van der Waals surface area contributed by atoms with Crippen molar-refractivity contribution in [2.45, 2.75) is 5.22 Å². The van der Waals surface area contributed by atoms with E-state index in [2.05, 4.69) is 20.5 Å². The summed E-state index contributed by atoms with van der Waals surface area (Å²) in [5, 5.41) is 12.5. The summed E-state index contributed by atoms with van der Waals surface area (Å²) in [6.45, 7) is 0. The Morgan fingerprint density at radius 1 is 1.21 bits per heavy atom. The summed E-state index contributed by atoms with van der Waals surface area (Å²) in [6.07, 6.45) is 1.49. The molecule has 1 aromatic carbocycles. The fourth-order valence-electron chi connectivity index (χ4n) is 2.17. The van der Waals surface area contributed by atoms with E-state index in [9.17, 15) is 13.6 Å². The van der Waals surface area contributed by atoms with Crippen molar-refractivity contribution in [3.63, 3.8) is 0 Å². The third-order valence-corrected chi connectivity index (χ3v) is 5.01. The second-order valence-corrected chi connectivity index (χ2v) is 7.14. The van der Waals surface area contributed by atoms with E-state index in [0.717, 1.165) is 23.9 Å². The Morgan fingerprint density at radius 2 is 2.11 bits per heavy atom. The predicted molar refractivity (Wildman–Crippen MR) is 98.8 cm³/mol. The first kappa shape index (κ1) is 18.3. The largest absolute Gasteiger partial charge is 0.459 e. The molecule has 28 heavy (non-hydrogen) atoms. The lowest BCUT2D eigenvalue weighted by molar-refractivity contribution is -0.113. The molecule has 0 saturated carbocycles. The fourth-order valence-corrected chi connectivity index (χ4v) is 3.47. The number of thiazole rings is 1. The molecule has 0 radical (unpaired) electrons. The topological polar surface area (TPSA) is 94.0 Å². The van der Waals surface area contributed by atoms with E-state index >= 15 is 0 Å². The van der Waals surface area contributed by atoms with Gasteiger partial charge in [0.15, 0.2) is 22.5 Å². The number of amides is 1. The van der Waals surface area contributed by atoms with Crippen molar-refractivity contribution in [2.24, 2.45) is 0 Å². The molecule has 4 rings (SSSR count). The van der Waals surface area contributed by atoms with Crippen LogP contribution in [0.2, 0.25) is 0 Å². The van der Waals surface area contributed by atoms with Gasteiger partial charge < -0.3 is 14.2 Å². The molecule has 0 spiro atoms. The number of thioether (sulfide) groups is 1. The average Bonchev–Trinajstić information content (AvgIpc) is 3.43. The van der Waals surface area contributed by atoms with Gasteiger partial charge in [0.1, 0.15) is 0 Å². The first-order chi connectivity index (χ1) is 13.6. The number of nitrogens with one attached hydrogen (secondary N) is 1. The van der Waals surface area contributed by atoms with Crippen LogP contribution in [0.1, 0.15) is 0 Å². The van der Waals surface area contributed by atoms with Gasteiger partial charge in [-0.2, -0.15) is 0 Å². The van der Waals surface area contributed by atoms with Gasteiger partial charge in [-0.25, -0.2) is 13.8 Å². The van der Waals surface area contributed by atoms with Gasteiger partial charge in [0.25, 0.3) is 11.1 Å². The Morgan fingerprint density at radius 3 is 2.89 bits per heavy atom. The van der Waals surface area contributed by atoms with Gasteiger partial charge in [0.05, 0.1) is 17.7 Å². The molecule has 0 atom stereocenters. The zero-order valence-corrected chi connectivity index (χ0v) is 15.5. The summed E-state index contributed by atoms with van der Waals surface area (Å²) < 4.78 is 36.9. The molecule has 1 amide bonds. The zero-order chi connectivity index (χ0) is 19.5. The van der Waals surface area contributed by atoms with Crippen LogP contribution in [0.5, 0.6) is 0 Å². The third-order valence-electron chi connectivity index (χ3n) is 3.43. The lowest BCUT2D eigenvalue weighted by Gasteiger charge is -2.00. The van der Waals surface area contributed by atoms with Crippen molar-refractivity contribution < 1.29 is 22.4 Å². The summed E-state index contributed by atoms with van der Waals surface area (Å²) in [6, 6.07) is 6.88. The number of hydrogen-bond donors (Lipinski definition) is 1. The van der Waals surface area contributed by atoms with E-state index in [1.807, 2.05) is 0 Å². The van der Waals surface area contributed by atoms with Gasteiger partial charge in [-0.3, -0.25) is 4.79 Å². The number of halogens is 2. The maximum absolute atomic E-state index is 13.3. The molecule has 4 aromatic rings. The Bertz CT molecular complexity index is 1110. The minimum Gasteiger partial charge on any atom is -0.459 e. The number of aromatic nitrogens is 3. The Hall–Kier alpha value is -3.05. The number of nitrogens with zero attached hydrogens (tertiary/aromatic N) is 3. The van der Waals surface area contributed by atoms with Crippen LogP contribution < -0.4 is 5.32 Å². The van der Waals surface area contributed by atoms with E-state index in [0.29, 0.717) is 22.1 Å². The van der Waals surface area contributed by atoms with Crippen molar-refractivity contribution in [1.82, 2.24) is 15.2 Å². The van der Waals surface area contributed by atoms with Crippen LogP contribution in [-0.4, -0.2) is 26.8 Å². The number of benzene rings is 1. The first-order valence-corrected chi connectivity index (χ1v) is 9.66. The third kappa shape index (κ3) is 4.10. The zero-order valence-electron chi connectivity index (χ0n) is 13.9. The molecule has 7 nitrogen and oxygen atoms in total. The Balaban J connectivity index is 1.34. The average molecular weight is 420 g/mol. The smallest absolute Gasteiger partial charge is 0.284 e. The van der Waals surface area contributed by atoms with Crippen LogP contribution >= 0.6 is 23.1 Å². The summed E-state index contributed by atoms with van der Waals surface area (Å²) in [7, 11) is 0. The van der Waals surface area contributed by atoms with Crippen molar-refractivity contribution >= 4 is 34.1 Å². The maximum Gasteiger partial charge on any atom is 0.284 e. The number of anilines is 1. The predicted octanol–water partition coefficient (Wildman–Crippen LogP) is 4.46. The minimum absolute atomic E-state index is 0.0277. The van der Waals surface area contributed by atoms with Gasteiger partial charge in [-0.05, 0) is 30.3 Å². The molecule has 0 aliphatic heterocycles. The molecule has 0 aliphatic rings. The maximum atomic E-state index is 13.3. The summed E-state index contributed by atoms with van der Waals surface area (Å²) in [5.41, 5.74) is 0.855. The second kappa shape index (κ2) is 7.90. The van der Waals surface area contributed by atoms with Crippen LogP contribution in [0.3, 0.4) is 0 Å². The molecule has 1 N–H and O–H groups in total. The highest BCUT2D eigenvalue weighted by Gasteiger charge is 2.14. The van der Waals surface area contributed by atoms with Crippen LogP contribution in [0.15, 0.2) is 56.0 Å². The van der Waals surface area contributed by atoms with Crippen LogP contribution in [0.25, 0.3) is 22.9 Å². The summed E-state index contributed by atoms with van der Waals surface area (Å²) in [5.74, 6) is -1.52. The molecule has 0 unspecified atom stereocenters. The van der Waals surface area contributed by atoms with Crippen molar-refractivity contribution in [3.05, 3.63) is 53.6 Å². The Labute approximate surface area is 164 Å². The SMILES string of the molecule is O=C(CSc1nnc(-c2ccco2)o1)Nc1nc(-c2ccc(F)c(F)c2)cs1. The van der Waals surface area contributed by atoms with Crippen LogP contribution in [0, 0.1) is 11.6 Å². The molecular weight excluding hydrogens is 410 g/mol. The molecule has 0 aliphatic carbocycles. The monoisotopic (exact) mass is 420 g/mol. The highest BCUT2D eigenvalue weighted by molar-refractivity contribution is 7.99. The van der Waals surface area contributed by atoms with Crippen molar-refractivity contribution in [3.8, 4) is 22.9 Å². The van der Waals surface area contributed by atoms with E-state index in [1.165, 1.54) is 23.7 Å². The van der Waals surface area contributed by atoms with Crippen LogP contribution in [0.4, 0.5) is 13.9 Å². The molecule has 3 heterocycles. The van der Waals surface area contributed by atoms with Gasteiger partial charge in [0, 0.05) is 10.9 Å². The molecular formula is C17H10F2N4O3S2. The fraction of sp³-hybridized carbons (Fsp3) is 0.0588. The number of rotatable bonds is 6. The lowest BCUT2D eigenvalue weighted by Crippen LogP contribution is -2.13. The quantitative estimate of drug-likeness (QED) is 0.460. The molecule has 11 heteroatoms. The Kier molecular flexibility index (Phi) is 5.17. The first-order valence-electron chi connectivity index (χ1n) is 7.79.